The summed E-state index contributed by atoms with van der Waals surface area (Å²) in [4.78, 5) is 0. The third-order valence-electron chi connectivity index (χ3n) is 4.44. The first-order valence-electron chi connectivity index (χ1n) is 12.9. The topological polar surface area (TPSA) is 114 Å². The molecule has 0 heterocycles. The molecular weight excluding hydrogens is 496 g/mol. The standard InChI is InChI=1S/C18H30O7.C10H14O3/c19-6-7-20-8-9-21-10-11-22-12-13-23-14-15-24-16-17-25-18-4-2-1-3-5-18;11-6-7-12-8-9-13-10-4-2-1-3-5-10/h1-5,19H,6-17H2;1-5,11H,6-9H2. The number of hydrogen-bond donors (Lipinski definition) is 2. The third-order valence-corrected chi connectivity index (χ3v) is 4.44. The van der Waals surface area contributed by atoms with Crippen LogP contribution in [0.4, 0.5) is 0 Å². The van der Waals surface area contributed by atoms with Gasteiger partial charge in [0.1, 0.15) is 24.7 Å². The van der Waals surface area contributed by atoms with Crippen LogP contribution in [0.2, 0.25) is 0 Å². The maximum absolute atomic E-state index is 8.51. The summed E-state index contributed by atoms with van der Waals surface area (Å²) < 4.78 is 42.4. The first-order chi connectivity index (χ1) is 18.9. The number of para-hydroxylation sites is 2. The fourth-order valence-corrected chi connectivity index (χ4v) is 2.68. The molecule has 0 aliphatic rings. The number of benzene rings is 2. The summed E-state index contributed by atoms with van der Waals surface area (Å²) in [6, 6.07) is 19.2. The van der Waals surface area contributed by atoms with Crippen LogP contribution < -0.4 is 9.47 Å². The van der Waals surface area contributed by atoms with Gasteiger partial charge in [0, 0.05) is 0 Å². The van der Waals surface area contributed by atoms with Crippen molar-refractivity contribution >= 4 is 0 Å². The Balaban J connectivity index is 0.000000464. The fourth-order valence-electron chi connectivity index (χ4n) is 2.68. The van der Waals surface area contributed by atoms with Crippen molar-refractivity contribution in [3.8, 4) is 11.5 Å². The predicted molar refractivity (Wildman–Crippen MR) is 143 cm³/mol. The van der Waals surface area contributed by atoms with Gasteiger partial charge in [-0.2, -0.15) is 0 Å². The molecule has 0 unspecified atom stereocenters. The number of aliphatic hydroxyl groups excluding tert-OH is 2. The van der Waals surface area contributed by atoms with Gasteiger partial charge < -0.3 is 48.1 Å². The monoisotopic (exact) mass is 540 g/mol. The minimum atomic E-state index is 0.0373. The number of aliphatic hydroxyl groups is 2. The van der Waals surface area contributed by atoms with Crippen molar-refractivity contribution in [3.63, 3.8) is 0 Å². The second kappa shape index (κ2) is 27.7. The summed E-state index contributed by atoms with van der Waals surface area (Å²) in [5.74, 6) is 1.69. The van der Waals surface area contributed by atoms with Crippen molar-refractivity contribution in [2.45, 2.75) is 0 Å². The molecule has 2 N–H and O–H groups in total. The van der Waals surface area contributed by atoms with Crippen LogP contribution in [0, 0.1) is 0 Å². The summed E-state index contributed by atoms with van der Waals surface area (Å²) >= 11 is 0. The fraction of sp³-hybridized carbons (Fsp3) is 0.571. The Labute approximate surface area is 226 Å². The molecule has 10 heteroatoms. The van der Waals surface area contributed by atoms with Gasteiger partial charge >= 0.3 is 0 Å². The molecule has 0 saturated heterocycles. The van der Waals surface area contributed by atoms with Gasteiger partial charge in [0.15, 0.2) is 0 Å². The van der Waals surface area contributed by atoms with Crippen molar-refractivity contribution in [1.82, 2.24) is 0 Å². The minimum Gasteiger partial charge on any atom is -0.491 e. The van der Waals surface area contributed by atoms with E-state index < -0.39 is 0 Å². The average molecular weight is 541 g/mol. The third kappa shape index (κ3) is 22.9. The maximum Gasteiger partial charge on any atom is 0.119 e. The van der Waals surface area contributed by atoms with E-state index in [1.165, 1.54) is 0 Å². The summed E-state index contributed by atoms with van der Waals surface area (Å²) in [6.07, 6.45) is 0. The molecule has 2 aromatic carbocycles. The molecule has 0 spiro atoms. The number of rotatable bonds is 24. The van der Waals surface area contributed by atoms with Gasteiger partial charge in [-0.1, -0.05) is 36.4 Å². The van der Waals surface area contributed by atoms with Crippen LogP contribution in [-0.4, -0.2) is 116 Å². The molecule has 216 valence electrons. The highest BCUT2D eigenvalue weighted by atomic mass is 16.6. The molecule has 0 aliphatic carbocycles. The molecule has 0 amide bonds. The summed E-state index contributed by atoms with van der Waals surface area (Å²) in [7, 11) is 0. The van der Waals surface area contributed by atoms with Crippen LogP contribution in [0.5, 0.6) is 11.5 Å². The zero-order valence-corrected chi connectivity index (χ0v) is 22.2. The van der Waals surface area contributed by atoms with E-state index in [1.54, 1.807) is 0 Å². The Morgan fingerprint density at radius 1 is 0.342 bits per heavy atom. The van der Waals surface area contributed by atoms with Gasteiger partial charge in [-0.3, -0.25) is 0 Å². The molecule has 2 rings (SSSR count). The van der Waals surface area contributed by atoms with Gasteiger partial charge in [0.2, 0.25) is 0 Å². The van der Waals surface area contributed by atoms with Gasteiger partial charge in [-0.15, -0.1) is 0 Å². The lowest BCUT2D eigenvalue weighted by molar-refractivity contribution is -0.0146. The molecular formula is C28H44O10. The summed E-state index contributed by atoms with van der Waals surface area (Å²) in [5.41, 5.74) is 0. The first-order valence-corrected chi connectivity index (χ1v) is 12.9. The van der Waals surface area contributed by atoms with E-state index in [9.17, 15) is 0 Å². The largest absolute Gasteiger partial charge is 0.491 e. The van der Waals surface area contributed by atoms with Crippen LogP contribution in [0.3, 0.4) is 0 Å². The lowest BCUT2D eigenvalue weighted by Crippen LogP contribution is -2.14. The molecule has 0 saturated carbocycles. The molecule has 38 heavy (non-hydrogen) atoms. The Morgan fingerprint density at radius 2 is 0.605 bits per heavy atom. The Morgan fingerprint density at radius 3 is 0.895 bits per heavy atom. The number of hydrogen-bond acceptors (Lipinski definition) is 10. The van der Waals surface area contributed by atoms with E-state index in [4.69, 9.17) is 48.1 Å². The second-order valence-electron chi connectivity index (χ2n) is 7.44. The highest BCUT2D eigenvalue weighted by molar-refractivity contribution is 5.21. The Kier molecular flexibility index (Phi) is 24.6. The quantitative estimate of drug-likeness (QED) is 0.192. The lowest BCUT2D eigenvalue weighted by Gasteiger charge is -2.08. The van der Waals surface area contributed by atoms with Crippen LogP contribution in [0.25, 0.3) is 0 Å². The van der Waals surface area contributed by atoms with Crippen molar-refractivity contribution in [2.75, 3.05) is 106 Å². The lowest BCUT2D eigenvalue weighted by atomic mass is 10.3. The van der Waals surface area contributed by atoms with Crippen LogP contribution in [0.15, 0.2) is 60.7 Å². The number of ether oxygens (including phenoxy) is 8. The van der Waals surface area contributed by atoms with E-state index in [1.807, 2.05) is 60.7 Å². The second-order valence-corrected chi connectivity index (χ2v) is 7.44. The molecule has 2 aromatic rings. The van der Waals surface area contributed by atoms with Gasteiger partial charge in [0.25, 0.3) is 0 Å². The van der Waals surface area contributed by atoms with Crippen LogP contribution >= 0.6 is 0 Å². The average Bonchev–Trinajstić information content (AvgIpc) is 2.96. The SMILES string of the molecule is OCCOCCOCCOCCOCCOCCOc1ccccc1.OCCOCCOc1ccccc1. The smallest absolute Gasteiger partial charge is 0.119 e. The maximum atomic E-state index is 8.51. The molecule has 0 fully saturated rings. The van der Waals surface area contributed by atoms with Crippen molar-refractivity contribution in [2.24, 2.45) is 0 Å². The molecule has 0 radical (unpaired) electrons. The highest BCUT2D eigenvalue weighted by Gasteiger charge is 1.95. The summed E-state index contributed by atoms with van der Waals surface area (Å²) in [5, 5.41) is 16.9. The molecule has 0 aliphatic heterocycles. The predicted octanol–water partition coefficient (Wildman–Crippen LogP) is 2.22. The van der Waals surface area contributed by atoms with E-state index >= 15 is 0 Å². The van der Waals surface area contributed by atoms with Gasteiger partial charge in [-0.05, 0) is 24.3 Å². The highest BCUT2D eigenvalue weighted by Crippen LogP contribution is 2.08. The van der Waals surface area contributed by atoms with Gasteiger partial charge in [0.05, 0.1) is 92.5 Å². The van der Waals surface area contributed by atoms with Crippen LogP contribution in [-0.2, 0) is 28.4 Å². The zero-order valence-electron chi connectivity index (χ0n) is 22.2. The van der Waals surface area contributed by atoms with Crippen molar-refractivity contribution in [1.29, 1.82) is 0 Å². The minimum absolute atomic E-state index is 0.0373. The molecule has 0 atom stereocenters. The van der Waals surface area contributed by atoms with E-state index in [2.05, 4.69) is 0 Å². The van der Waals surface area contributed by atoms with E-state index in [-0.39, 0.29) is 13.2 Å². The molecule has 0 aromatic heterocycles. The van der Waals surface area contributed by atoms with Crippen molar-refractivity contribution in [3.05, 3.63) is 60.7 Å². The van der Waals surface area contributed by atoms with Crippen LogP contribution in [0.1, 0.15) is 0 Å². The molecule has 0 bridgehead atoms. The van der Waals surface area contributed by atoms with E-state index in [0.717, 1.165) is 11.5 Å². The first kappa shape index (κ1) is 33.7. The normalized spacial score (nSPS) is 10.6. The Bertz CT molecular complexity index is 705. The van der Waals surface area contributed by atoms with E-state index in [0.29, 0.717) is 92.5 Å². The van der Waals surface area contributed by atoms with Crippen molar-refractivity contribution < 1.29 is 48.1 Å². The zero-order chi connectivity index (χ0) is 27.2. The van der Waals surface area contributed by atoms with Gasteiger partial charge in [-0.25, -0.2) is 0 Å². The summed E-state index contributed by atoms with van der Waals surface area (Å²) in [6.45, 7) is 7.08. The molecule has 10 nitrogen and oxygen atoms in total. The Hall–Kier alpha value is -2.28.